The number of aromatic nitrogens is 1. The molecule has 0 aromatic carbocycles. The van der Waals surface area contributed by atoms with Gasteiger partial charge in [0.2, 0.25) is 0 Å². The van der Waals surface area contributed by atoms with E-state index in [2.05, 4.69) is 17.2 Å². The number of amides is 1. The van der Waals surface area contributed by atoms with Crippen molar-refractivity contribution in [1.82, 2.24) is 4.98 Å². The number of rotatable bonds is 4. The topological polar surface area (TPSA) is 81.2 Å². The van der Waals surface area contributed by atoms with Crippen LogP contribution in [0.1, 0.15) is 46.5 Å². The number of hydrogen-bond donors (Lipinski definition) is 2. The summed E-state index contributed by atoms with van der Waals surface area (Å²) in [5, 5.41) is 3.53. The van der Waals surface area contributed by atoms with Crippen LogP contribution in [-0.4, -0.2) is 10.9 Å². The average molecular weight is 305 g/mol. The molecule has 0 spiro atoms. The molecule has 0 aliphatic heterocycles. The van der Waals surface area contributed by atoms with Crippen LogP contribution in [0.25, 0.3) is 0 Å². The van der Waals surface area contributed by atoms with Crippen LogP contribution in [0, 0.1) is 5.92 Å². The molecule has 6 heteroatoms. The maximum absolute atomic E-state index is 12.1. The van der Waals surface area contributed by atoms with E-state index >= 15 is 0 Å². The predicted molar refractivity (Wildman–Crippen MR) is 82.5 cm³/mol. The standard InChI is InChI=1S/C15H19N3O2S/c1-2-9-3-4-12-13(5-9)21-15(17-12)18-14(19)10-6-11(7-16)20-8-10/h6,8-9H,2-5,7,16H2,1H3,(H,17,18,19). The maximum atomic E-state index is 12.1. The molecule has 112 valence electrons. The molecule has 0 fully saturated rings. The Morgan fingerprint density at radius 3 is 3.19 bits per heavy atom. The number of furan rings is 1. The maximum Gasteiger partial charge on any atom is 0.260 e. The minimum Gasteiger partial charge on any atom is -0.467 e. The minimum atomic E-state index is -0.198. The fourth-order valence-corrected chi connectivity index (χ4v) is 3.74. The molecule has 0 radical (unpaired) electrons. The van der Waals surface area contributed by atoms with E-state index in [-0.39, 0.29) is 12.5 Å². The van der Waals surface area contributed by atoms with Crippen LogP contribution in [-0.2, 0) is 19.4 Å². The minimum absolute atomic E-state index is 0.198. The van der Waals surface area contributed by atoms with Gasteiger partial charge in [0.05, 0.1) is 17.8 Å². The molecule has 1 aliphatic carbocycles. The Kier molecular flexibility index (Phi) is 4.07. The first kappa shape index (κ1) is 14.3. The zero-order chi connectivity index (χ0) is 14.8. The van der Waals surface area contributed by atoms with Gasteiger partial charge in [-0.3, -0.25) is 10.1 Å². The number of thiazole rings is 1. The number of carbonyl (C=O) groups is 1. The highest BCUT2D eigenvalue weighted by molar-refractivity contribution is 7.15. The Labute approximate surface area is 127 Å². The third-order valence-electron chi connectivity index (χ3n) is 3.96. The van der Waals surface area contributed by atoms with E-state index in [1.54, 1.807) is 17.4 Å². The average Bonchev–Trinajstić information content (AvgIpc) is 3.12. The molecule has 1 aliphatic rings. The summed E-state index contributed by atoms with van der Waals surface area (Å²) in [5.41, 5.74) is 7.10. The number of hydrogen-bond acceptors (Lipinski definition) is 5. The normalized spacial score (nSPS) is 17.5. The van der Waals surface area contributed by atoms with Crippen LogP contribution >= 0.6 is 11.3 Å². The van der Waals surface area contributed by atoms with Crippen LogP contribution in [0.4, 0.5) is 5.13 Å². The van der Waals surface area contributed by atoms with Crippen molar-refractivity contribution in [3.63, 3.8) is 0 Å². The molecular formula is C15H19N3O2S. The van der Waals surface area contributed by atoms with Crippen molar-refractivity contribution in [2.45, 2.75) is 39.2 Å². The fourth-order valence-electron chi connectivity index (χ4n) is 2.62. The van der Waals surface area contributed by atoms with Gasteiger partial charge in [0.25, 0.3) is 5.91 Å². The number of carbonyl (C=O) groups excluding carboxylic acids is 1. The summed E-state index contributed by atoms with van der Waals surface area (Å²) >= 11 is 1.59. The molecule has 1 unspecified atom stereocenters. The molecular weight excluding hydrogens is 286 g/mol. The molecule has 2 aromatic rings. The van der Waals surface area contributed by atoms with Crippen LogP contribution in [0.3, 0.4) is 0 Å². The molecule has 0 bridgehead atoms. The lowest BCUT2D eigenvalue weighted by Crippen LogP contribution is -2.12. The summed E-state index contributed by atoms with van der Waals surface area (Å²) in [4.78, 5) is 18.0. The van der Waals surface area contributed by atoms with E-state index < -0.39 is 0 Å². The Balaban J connectivity index is 1.71. The van der Waals surface area contributed by atoms with Gasteiger partial charge in [-0.15, -0.1) is 11.3 Å². The molecule has 0 saturated heterocycles. The first-order valence-electron chi connectivity index (χ1n) is 7.27. The molecule has 5 nitrogen and oxygen atoms in total. The van der Waals surface area contributed by atoms with E-state index in [1.807, 2.05) is 0 Å². The Morgan fingerprint density at radius 2 is 2.48 bits per heavy atom. The second-order valence-corrected chi connectivity index (χ2v) is 6.45. The van der Waals surface area contributed by atoms with Crippen molar-refractivity contribution < 1.29 is 9.21 Å². The largest absolute Gasteiger partial charge is 0.467 e. The van der Waals surface area contributed by atoms with Gasteiger partial charge >= 0.3 is 0 Å². The van der Waals surface area contributed by atoms with E-state index in [4.69, 9.17) is 10.2 Å². The van der Waals surface area contributed by atoms with Crippen LogP contribution < -0.4 is 11.1 Å². The summed E-state index contributed by atoms with van der Waals surface area (Å²) in [6.45, 7) is 2.52. The van der Waals surface area contributed by atoms with Gasteiger partial charge in [-0.25, -0.2) is 4.98 Å². The summed E-state index contributed by atoms with van der Waals surface area (Å²) in [6, 6.07) is 1.66. The molecule has 2 aromatic heterocycles. The van der Waals surface area contributed by atoms with Gasteiger partial charge in [0, 0.05) is 4.88 Å². The quantitative estimate of drug-likeness (QED) is 0.910. The van der Waals surface area contributed by atoms with Crippen molar-refractivity contribution in [3.8, 4) is 0 Å². The Bertz CT molecular complexity index is 647. The van der Waals surface area contributed by atoms with E-state index in [1.165, 1.54) is 24.0 Å². The number of anilines is 1. The Hall–Kier alpha value is -1.66. The molecule has 3 rings (SSSR count). The molecule has 21 heavy (non-hydrogen) atoms. The Morgan fingerprint density at radius 1 is 1.62 bits per heavy atom. The smallest absolute Gasteiger partial charge is 0.260 e. The first-order valence-corrected chi connectivity index (χ1v) is 8.08. The number of nitrogens with zero attached hydrogens (tertiary/aromatic N) is 1. The summed E-state index contributed by atoms with van der Waals surface area (Å²) in [7, 11) is 0. The van der Waals surface area contributed by atoms with Gasteiger partial charge in [0.1, 0.15) is 12.0 Å². The van der Waals surface area contributed by atoms with Crippen molar-refractivity contribution in [3.05, 3.63) is 34.2 Å². The van der Waals surface area contributed by atoms with Crippen molar-refractivity contribution in [1.29, 1.82) is 0 Å². The van der Waals surface area contributed by atoms with Gasteiger partial charge < -0.3 is 10.2 Å². The third-order valence-corrected chi connectivity index (χ3v) is 4.99. The van der Waals surface area contributed by atoms with Crippen LogP contribution in [0.5, 0.6) is 0 Å². The second-order valence-electron chi connectivity index (χ2n) is 5.37. The highest BCUT2D eigenvalue weighted by Crippen LogP contribution is 2.33. The van der Waals surface area contributed by atoms with Crippen molar-refractivity contribution in [2.75, 3.05) is 5.32 Å². The molecule has 0 saturated carbocycles. The van der Waals surface area contributed by atoms with E-state index in [9.17, 15) is 4.79 Å². The number of nitrogens with two attached hydrogens (primary N) is 1. The summed E-state index contributed by atoms with van der Waals surface area (Å²) in [6.07, 6.45) is 5.93. The zero-order valence-corrected chi connectivity index (χ0v) is 12.8. The predicted octanol–water partition coefficient (Wildman–Crippen LogP) is 2.96. The van der Waals surface area contributed by atoms with Crippen LogP contribution in [0.2, 0.25) is 0 Å². The zero-order valence-electron chi connectivity index (χ0n) is 12.0. The number of aryl methyl sites for hydroxylation is 1. The second kappa shape index (κ2) is 5.99. The lowest BCUT2D eigenvalue weighted by Gasteiger charge is -2.18. The van der Waals surface area contributed by atoms with Crippen LogP contribution in [0.15, 0.2) is 16.7 Å². The third kappa shape index (κ3) is 3.01. The summed E-state index contributed by atoms with van der Waals surface area (Å²) < 4.78 is 5.18. The lowest BCUT2D eigenvalue weighted by molar-refractivity contribution is 0.102. The van der Waals surface area contributed by atoms with Gasteiger partial charge in [-0.05, 0) is 31.2 Å². The van der Waals surface area contributed by atoms with Crippen molar-refractivity contribution in [2.24, 2.45) is 11.7 Å². The van der Waals surface area contributed by atoms with E-state index in [0.717, 1.165) is 24.5 Å². The molecule has 1 atom stereocenters. The lowest BCUT2D eigenvalue weighted by atomic mass is 9.89. The molecule has 3 N–H and O–H groups in total. The molecule has 1 amide bonds. The van der Waals surface area contributed by atoms with E-state index in [0.29, 0.717) is 16.5 Å². The monoisotopic (exact) mass is 305 g/mol. The van der Waals surface area contributed by atoms with Gasteiger partial charge in [0.15, 0.2) is 5.13 Å². The van der Waals surface area contributed by atoms with Gasteiger partial charge in [-0.1, -0.05) is 13.3 Å². The number of fused-ring (bicyclic) bond motifs is 1. The first-order chi connectivity index (χ1) is 10.2. The highest BCUT2D eigenvalue weighted by atomic mass is 32.1. The van der Waals surface area contributed by atoms with Crippen molar-refractivity contribution >= 4 is 22.4 Å². The highest BCUT2D eigenvalue weighted by Gasteiger charge is 2.22. The van der Waals surface area contributed by atoms with Gasteiger partial charge in [-0.2, -0.15) is 0 Å². The number of nitrogens with one attached hydrogen (secondary N) is 1. The molecule has 2 heterocycles. The summed E-state index contributed by atoms with van der Waals surface area (Å²) in [5.74, 6) is 1.16. The fraction of sp³-hybridized carbons (Fsp3) is 0.467. The SMILES string of the molecule is CCC1CCc2nc(NC(=O)c3coc(CN)c3)sc2C1.